The van der Waals surface area contributed by atoms with Crippen LogP contribution in [0.4, 0.5) is 5.69 Å². The molecule has 0 fully saturated rings. The molecule has 1 aliphatic heterocycles. The highest BCUT2D eigenvalue weighted by Gasteiger charge is 2.17. The summed E-state index contributed by atoms with van der Waals surface area (Å²) in [6.07, 6.45) is 0.961. The quantitative estimate of drug-likeness (QED) is 0.673. The largest absolute Gasteiger partial charge is 0.399 e. The molecule has 4 nitrogen and oxygen atoms in total. The molecule has 0 radical (unpaired) electrons. The number of nitrogens with zero attached hydrogens (tertiary/aromatic N) is 1. The lowest BCUT2D eigenvalue weighted by atomic mass is 9.99. The first-order valence-electron chi connectivity index (χ1n) is 5.03. The number of hydrogen-bond acceptors (Lipinski definition) is 3. The first-order chi connectivity index (χ1) is 7.15. The standard InChI is InChI=1S/C11H15N3O/c12-10-2-1-8-3-4-14(7-11(13)15)6-9(8)5-10/h1-2,5H,3-4,6-7,12H2,(H2,13,15). The van der Waals surface area contributed by atoms with Crippen LogP contribution in [-0.4, -0.2) is 23.9 Å². The monoisotopic (exact) mass is 205 g/mol. The van der Waals surface area contributed by atoms with E-state index >= 15 is 0 Å². The van der Waals surface area contributed by atoms with Gasteiger partial charge in [-0.05, 0) is 29.7 Å². The van der Waals surface area contributed by atoms with E-state index in [1.807, 2.05) is 17.0 Å². The van der Waals surface area contributed by atoms with Crippen molar-refractivity contribution >= 4 is 11.6 Å². The molecular formula is C11H15N3O. The molecule has 0 atom stereocenters. The number of rotatable bonds is 2. The van der Waals surface area contributed by atoms with E-state index in [2.05, 4.69) is 6.07 Å². The number of primary amides is 1. The summed E-state index contributed by atoms with van der Waals surface area (Å²) in [5, 5.41) is 0. The molecule has 1 amide bonds. The van der Waals surface area contributed by atoms with Crippen molar-refractivity contribution in [2.24, 2.45) is 5.73 Å². The van der Waals surface area contributed by atoms with Crippen LogP contribution in [0.25, 0.3) is 0 Å². The molecule has 0 unspecified atom stereocenters. The zero-order valence-corrected chi connectivity index (χ0v) is 8.57. The number of carbonyl (C=O) groups excluding carboxylic acids is 1. The second kappa shape index (κ2) is 3.90. The van der Waals surface area contributed by atoms with Gasteiger partial charge >= 0.3 is 0 Å². The highest BCUT2D eigenvalue weighted by atomic mass is 16.1. The molecule has 15 heavy (non-hydrogen) atoms. The van der Waals surface area contributed by atoms with E-state index in [0.717, 1.165) is 25.2 Å². The number of amides is 1. The fourth-order valence-corrected chi connectivity index (χ4v) is 1.99. The summed E-state index contributed by atoms with van der Waals surface area (Å²) in [5.41, 5.74) is 14.2. The highest BCUT2D eigenvalue weighted by molar-refractivity contribution is 5.76. The van der Waals surface area contributed by atoms with E-state index < -0.39 is 0 Å². The molecule has 80 valence electrons. The number of nitrogen functional groups attached to an aromatic ring is 1. The molecule has 1 aliphatic rings. The van der Waals surface area contributed by atoms with Crippen molar-refractivity contribution < 1.29 is 4.79 Å². The summed E-state index contributed by atoms with van der Waals surface area (Å²) in [4.78, 5) is 12.8. The van der Waals surface area contributed by atoms with Gasteiger partial charge in [0.05, 0.1) is 6.54 Å². The average molecular weight is 205 g/mol. The predicted molar refractivity (Wildman–Crippen MR) is 59.0 cm³/mol. The zero-order valence-electron chi connectivity index (χ0n) is 8.57. The predicted octanol–water partition coefficient (Wildman–Crippen LogP) is 0.112. The Balaban J connectivity index is 2.14. The lowest BCUT2D eigenvalue weighted by molar-refractivity contribution is -0.119. The maximum absolute atomic E-state index is 10.8. The third-order valence-electron chi connectivity index (χ3n) is 2.70. The van der Waals surface area contributed by atoms with Crippen molar-refractivity contribution in [1.82, 2.24) is 4.90 Å². The average Bonchev–Trinajstić information content (AvgIpc) is 2.16. The van der Waals surface area contributed by atoms with Crippen LogP contribution in [0, 0.1) is 0 Å². The number of hydrogen-bond donors (Lipinski definition) is 2. The number of benzene rings is 1. The third kappa shape index (κ3) is 2.27. The smallest absolute Gasteiger partial charge is 0.231 e. The van der Waals surface area contributed by atoms with E-state index in [1.165, 1.54) is 11.1 Å². The SMILES string of the molecule is NC(=O)CN1CCc2ccc(N)cc2C1. The molecular weight excluding hydrogens is 190 g/mol. The van der Waals surface area contributed by atoms with Gasteiger partial charge in [0, 0.05) is 18.8 Å². The second-order valence-corrected chi connectivity index (χ2v) is 3.96. The van der Waals surface area contributed by atoms with Crippen LogP contribution < -0.4 is 11.5 Å². The first kappa shape index (κ1) is 9.98. The van der Waals surface area contributed by atoms with Crippen molar-refractivity contribution in [2.45, 2.75) is 13.0 Å². The third-order valence-corrected chi connectivity index (χ3v) is 2.70. The van der Waals surface area contributed by atoms with Crippen molar-refractivity contribution in [3.63, 3.8) is 0 Å². The van der Waals surface area contributed by atoms with Gasteiger partial charge < -0.3 is 11.5 Å². The van der Waals surface area contributed by atoms with Crippen molar-refractivity contribution in [3.8, 4) is 0 Å². The topological polar surface area (TPSA) is 72.4 Å². The van der Waals surface area contributed by atoms with E-state index in [4.69, 9.17) is 11.5 Å². The fourth-order valence-electron chi connectivity index (χ4n) is 1.99. The number of nitrogens with two attached hydrogens (primary N) is 2. The molecule has 4 N–H and O–H groups in total. The van der Waals surface area contributed by atoms with Crippen LogP contribution in [-0.2, 0) is 17.8 Å². The van der Waals surface area contributed by atoms with Crippen molar-refractivity contribution in [2.75, 3.05) is 18.8 Å². The van der Waals surface area contributed by atoms with Gasteiger partial charge in [-0.25, -0.2) is 0 Å². The Morgan fingerprint density at radius 2 is 2.20 bits per heavy atom. The molecule has 1 aromatic carbocycles. The maximum Gasteiger partial charge on any atom is 0.231 e. The molecule has 0 aromatic heterocycles. The van der Waals surface area contributed by atoms with Gasteiger partial charge in [0.1, 0.15) is 0 Å². The van der Waals surface area contributed by atoms with Crippen LogP contribution >= 0.6 is 0 Å². The van der Waals surface area contributed by atoms with Gasteiger partial charge in [0.15, 0.2) is 0 Å². The summed E-state index contributed by atoms with van der Waals surface area (Å²) >= 11 is 0. The van der Waals surface area contributed by atoms with Gasteiger partial charge in [-0.1, -0.05) is 6.07 Å². The minimum Gasteiger partial charge on any atom is -0.399 e. The van der Waals surface area contributed by atoms with E-state index in [-0.39, 0.29) is 5.91 Å². The van der Waals surface area contributed by atoms with Gasteiger partial charge in [0.2, 0.25) is 5.91 Å². The maximum atomic E-state index is 10.8. The van der Waals surface area contributed by atoms with E-state index in [0.29, 0.717) is 6.54 Å². The number of fused-ring (bicyclic) bond motifs is 1. The molecule has 1 aromatic rings. The normalized spacial score (nSPS) is 16.0. The Kier molecular flexibility index (Phi) is 2.60. The Labute approximate surface area is 88.9 Å². The molecule has 0 saturated carbocycles. The molecule has 4 heteroatoms. The highest BCUT2D eigenvalue weighted by Crippen LogP contribution is 2.20. The van der Waals surface area contributed by atoms with Crippen molar-refractivity contribution in [1.29, 1.82) is 0 Å². The minimum absolute atomic E-state index is 0.276. The molecule has 0 saturated heterocycles. The summed E-state index contributed by atoms with van der Waals surface area (Å²) < 4.78 is 0. The Morgan fingerprint density at radius 3 is 2.93 bits per heavy atom. The Hall–Kier alpha value is -1.55. The summed E-state index contributed by atoms with van der Waals surface area (Å²) in [6.45, 7) is 1.98. The van der Waals surface area contributed by atoms with Crippen LogP contribution in [0.5, 0.6) is 0 Å². The first-order valence-corrected chi connectivity index (χ1v) is 5.03. The van der Waals surface area contributed by atoms with Crippen molar-refractivity contribution in [3.05, 3.63) is 29.3 Å². The van der Waals surface area contributed by atoms with Crippen LogP contribution in [0.3, 0.4) is 0 Å². The molecule has 2 rings (SSSR count). The van der Waals surface area contributed by atoms with E-state index in [9.17, 15) is 4.79 Å². The molecule has 0 spiro atoms. The Bertz CT molecular complexity index is 389. The van der Waals surface area contributed by atoms with Crippen LogP contribution in [0.2, 0.25) is 0 Å². The molecule has 0 aliphatic carbocycles. The van der Waals surface area contributed by atoms with E-state index in [1.54, 1.807) is 0 Å². The van der Waals surface area contributed by atoms with Crippen LogP contribution in [0.15, 0.2) is 18.2 Å². The van der Waals surface area contributed by atoms with Gasteiger partial charge in [-0.3, -0.25) is 9.69 Å². The number of anilines is 1. The minimum atomic E-state index is -0.276. The molecule has 0 bridgehead atoms. The number of carbonyl (C=O) groups is 1. The summed E-state index contributed by atoms with van der Waals surface area (Å²) in [5.74, 6) is -0.276. The lowest BCUT2D eigenvalue weighted by Gasteiger charge is -2.27. The Morgan fingerprint density at radius 1 is 1.40 bits per heavy atom. The van der Waals surface area contributed by atoms with Crippen LogP contribution in [0.1, 0.15) is 11.1 Å². The van der Waals surface area contributed by atoms with Gasteiger partial charge in [-0.2, -0.15) is 0 Å². The summed E-state index contributed by atoms with van der Waals surface area (Å²) in [6, 6.07) is 5.96. The second-order valence-electron chi connectivity index (χ2n) is 3.96. The van der Waals surface area contributed by atoms with Gasteiger partial charge in [0.25, 0.3) is 0 Å². The summed E-state index contributed by atoms with van der Waals surface area (Å²) in [7, 11) is 0. The lowest BCUT2D eigenvalue weighted by Crippen LogP contribution is -2.37. The van der Waals surface area contributed by atoms with Gasteiger partial charge in [-0.15, -0.1) is 0 Å². The fraction of sp³-hybridized carbons (Fsp3) is 0.364. The molecule has 1 heterocycles. The zero-order chi connectivity index (χ0) is 10.8.